The lowest BCUT2D eigenvalue weighted by Gasteiger charge is -2.00. The van der Waals surface area contributed by atoms with Crippen molar-refractivity contribution in [2.75, 3.05) is 0 Å². The Morgan fingerprint density at radius 2 is 1.94 bits per heavy atom. The minimum atomic E-state index is 1.13. The van der Waals surface area contributed by atoms with Gasteiger partial charge in [-0.25, -0.2) is 0 Å². The van der Waals surface area contributed by atoms with E-state index >= 15 is 0 Å². The molecule has 0 aliphatic heterocycles. The zero-order valence-electron chi connectivity index (χ0n) is 10.6. The quantitative estimate of drug-likeness (QED) is 0.423. The summed E-state index contributed by atoms with van der Waals surface area (Å²) in [6.07, 6.45) is 10.2. The van der Waals surface area contributed by atoms with Crippen LogP contribution in [-0.2, 0) is 6.42 Å². The van der Waals surface area contributed by atoms with Crippen LogP contribution in [0.25, 0.3) is 0 Å². The molecule has 0 radical (unpaired) electrons. The van der Waals surface area contributed by atoms with Crippen molar-refractivity contribution in [3.05, 3.63) is 48.2 Å². The lowest BCUT2D eigenvalue weighted by atomic mass is 10.1. The van der Waals surface area contributed by atoms with Gasteiger partial charge in [0.1, 0.15) is 0 Å². The highest BCUT2D eigenvalue weighted by Gasteiger charge is 1.91. The molecule has 0 saturated carbocycles. The summed E-state index contributed by atoms with van der Waals surface area (Å²) in [4.78, 5) is 0. The summed E-state index contributed by atoms with van der Waals surface area (Å²) in [7, 11) is 0. The van der Waals surface area contributed by atoms with Crippen LogP contribution in [0, 0.1) is 12.0 Å². The van der Waals surface area contributed by atoms with E-state index in [1.54, 1.807) is 0 Å². The van der Waals surface area contributed by atoms with Crippen molar-refractivity contribution in [2.45, 2.75) is 39.0 Å². The van der Waals surface area contributed by atoms with Crippen LogP contribution in [0.1, 0.15) is 38.2 Å². The highest BCUT2D eigenvalue weighted by Crippen LogP contribution is 2.07. The van der Waals surface area contributed by atoms with E-state index in [9.17, 15) is 0 Å². The highest BCUT2D eigenvalue weighted by atomic mass is 14.8. The second-order valence-electron chi connectivity index (χ2n) is 4.01. The van der Waals surface area contributed by atoms with Gasteiger partial charge in [-0.15, -0.1) is 0 Å². The molecule has 0 unspecified atom stereocenters. The lowest BCUT2D eigenvalue weighted by Crippen LogP contribution is -1.91. The third kappa shape index (κ3) is 7.25. The van der Waals surface area contributed by atoms with Crippen molar-refractivity contribution in [1.82, 2.24) is 5.32 Å². The first-order valence-corrected chi connectivity index (χ1v) is 6.29. The van der Waals surface area contributed by atoms with Crippen molar-refractivity contribution < 1.29 is 0 Å². The summed E-state index contributed by atoms with van der Waals surface area (Å²) < 4.78 is 0. The van der Waals surface area contributed by atoms with Gasteiger partial charge in [0.05, 0.1) is 0 Å². The predicted octanol–water partition coefficient (Wildman–Crippen LogP) is 3.87. The Balaban J connectivity index is 1.97. The summed E-state index contributed by atoms with van der Waals surface area (Å²) >= 11 is 0. The summed E-state index contributed by atoms with van der Waals surface area (Å²) in [6, 6.07) is 13.5. The van der Waals surface area contributed by atoms with E-state index in [0.29, 0.717) is 0 Å². The maximum absolute atomic E-state index is 2.91. The first kappa shape index (κ1) is 13.4. The minimum absolute atomic E-state index is 1.13. The molecule has 0 atom stereocenters. The molecule has 1 aromatic carbocycles. The second kappa shape index (κ2) is 9.54. The Kier molecular flexibility index (Phi) is 7.51. The van der Waals surface area contributed by atoms with Gasteiger partial charge < -0.3 is 5.32 Å². The fourth-order valence-corrected chi connectivity index (χ4v) is 1.67. The van der Waals surface area contributed by atoms with E-state index < -0.39 is 0 Å². The van der Waals surface area contributed by atoms with Gasteiger partial charge in [0.15, 0.2) is 0 Å². The molecule has 1 heteroatoms. The van der Waals surface area contributed by atoms with E-state index in [0.717, 1.165) is 6.42 Å². The molecule has 0 bridgehead atoms. The Hall–Kier alpha value is -1.68. The molecule has 0 aliphatic carbocycles. The normalized spacial score (nSPS) is 9.94. The number of rotatable bonds is 7. The van der Waals surface area contributed by atoms with Crippen molar-refractivity contribution >= 4 is 0 Å². The summed E-state index contributed by atoms with van der Waals surface area (Å²) in [6.45, 7) is 1.82. The lowest BCUT2D eigenvalue weighted by molar-refractivity contribution is 0.686. The molecule has 90 valence electrons. The van der Waals surface area contributed by atoms with Crippen molar-refractivity contribution in [3.63, 3.8) is 0 Å². The predicted molar refractivity (Wildman–Crippen MR) is 74.3 cm³/mol. The Labute approximate surface area is 105 Å². The number of unbranched alkanes of at least 4 members (excludes halogenated alkanes) is 3. The van der Waals surface area contributed by atoms with Crippen LogP contribution < -0.4 is 5.32 Å². The minimum Gasteiger partial charge on any atom is -0.322 e. The molecular formula is C16H21N. The van der Waals surface area contributed by atoms with Crippen molar-refractivity contribution in [3.8, 4) is 12.0 Å². The van der Waals surface area contributed by atoms with Gasteiger partial charge in [0.25, 0.3) is 0 Å². The van der Waals surface area contributed by atoms with Crippen LogP contribution in [0.15, 0.2) is 42.6 Å². The van der Waals surface area contributed by atoms with Gasteiger partial charge in [-0.3, -0.25) is 0 Å². The Morgan fingerprint density at radius 3 is 2.71 bits per heavy atom. The molecule has 0 amide bonds. The van der Waals surface area contributed by atoms with E-state index in [2.05, 4.69) is 53.7 Å². The monoisotopic (exact) mass is 227 g/mol. The van der Waals surface area contributed by atoms with Gasteiger partial charge >= 0.3 is 0 Å². The van der Waals surface area contributed by atoms with Crippen LogP contribution in [-0.4, -0.2) is 0 Å². The fourth-order valence-electron chi connectivity index (χ4n) is 1.67. The molecule has 17 heavy (non-hydrogen) atoms. The van der Waals surface area contributed by atoms with Gasteiger partial charge in [0.2, 0.25) is 0 Å². The topological polar surface area (TPSA) is 12.0 Å². The van der Waals surface area contributed by atoms with E-state index in [4.69, 9.17) is 0 Å². The smallest absolute Gasteiger partial charge is 0.00841 e. The maximum atomic E-state index is 2.91. The third-order valence-electron chi connectivity index (χ3n) is 2.58. The number of nitrogens with one attached hydrogen (secondary N) is 1. The molecule has 1 aromatic rings. The first-order valence-electron chi connectivity index (χ1n) is 6.29. The third-order valence-corrected chi connectivity index (χ3v) is 2.58. The maximum Gasteiger partial charge on any atom is 0.00841 e. The van der Waals surface area contributed by atoms with E-state index in [1.807, 2.05) is 13.1 Å². The van der Waals surface area contributed by atoms with Gasteiger partial charge in [-0.2, -0.15) is 0 Å². The number of hydrogen-bond donors (Lipinski definition) is 1. The fraction of sp³-hybridized carbons (Fsp3) is 0.375. The average molecular weight is 227 g/mol. The molecule has 0 heterocycles. The number of aryl methyl sites for hydroxylation is 1. The van der Waals surface area contributed by atoms with Crippen LogP contribution in [0.3, 0.4) is 0 Å². The van der Waals surface area contributed by atoms with Crippen molar-refractivity contribution in [1.29, 1.82) is 0 Å². The van der Waals surface area contributed by atoms with Crippen LogP contribution in [0.2, 0.25) is 0 Å². The van der Waals surface area contributed by atoms with Crippen molar-refractivity contribution in [2.24, 2.45) is 0 Å². The molecular weight excluding hydrogens is 206 g/mol. The molecule has 1 rings (SSSR count). The molecule has 0 fully saturated rings. The van der Waals surface area contributed by atoms with Gasteiger partial charge in [0, 0.05) is 12.2 Å². The standard InChI is InChI=1S/C16H21N/c1-2-14-17-15-10-5-3-4-7-11-16-12-8-6-9-13-16/h6,8-10,12-13,15,17H,3-5,7,11H2,1H3. The molecule has 0 saturated heterocycles. The molecule has 0 aliphatic rings. The molecule has 1 nitrogen and oxygen atoms in total. The van der Waals surface area contributed by atoms with Gasteiger partial charge in [-0.1, -0.05) is 48.7 Å². The largest absolute Gasteiger partial charge is 0.322 e. The first-order chi connectivity index (χ1) is 8.43. The molecule has 1 N–H and O–H groups in total. The Bertz CT molecular complexity index is 368. The summed E-state index contributed by atoms with van der Waals surface area (Å²) in [5.41, 5.74) is 1.45. The van der Waals surface area contributed by atoms with Crippen LogP contribution >= 0.6 is 0 Å². The van der Waals surface area contributed by atoms with Gasteiger partial charge in [-0.05, 0) is 38.2 Å². The average Bonchev–Trinajstić information content (AvgIpc) is 2.38. The van der Waals surface area contributed by atoms with Crippen LogP contribution in [0.4, 0.5) is 0 Å². The molecule has 0 spiro atoms. The zero-order valence-corrected chi connectivity index (χ0v) is 10.6. The van der Waals surface area contributed by atoms with Crippen LogP contribution in [0.5, 0.6) is 0 Å². The van der Waals surface area contributed by atoms with E-state index in [-0.39, 0.29) is 0 Å². The molecule has 0 aromatic heterocycles. The zero-order chi connectivity index (χ0) is 12.2. The number of hydrogen-bond acceptors (Lipinski definition) is 1. The van der Waals surface area contributed by atoms with E-state index in [1.165, 1.54) is 31.2 Å². The number of benzene rings is 1. The highest BCUT2D eigenvalue weighted by molar-refractivity contribution is 5.14. The number of allylic oxidation sites excluding steroid dienone is 1. The Morgan fingerprint density at radius 1 is 1.12 bits per heavy atom. The summed E-state index contributed by atoms with van der Waals surface area (Å²) in [5, 5.41) is 2.91. The second-order valence-corrected chi connectivity index (χ2v) is 4.01. The summed E-state index contributed by atoms with van der Waals surface area (Å²) in [5.74, 6) is 2.78. The SMILES string of the molecule is CC#CNC=CCCCCCc1ccccc1.